The summed E-state index contributed by atoms with van der Waals surface area (Å²) in [4.78, 5) is 61.9. The minimum Gasteiger partial charge on any atom is -0.444 e. The van der Waals surface area contributed by atoms with E-state index in [0.717, 1.165) is 5.56 Å². The average molecular weight is 448 g/mol. The lowest BCUT2D eigenvalue weighted by Gasteiger charge is -2.31. The summed E-state index contributed by atoms with van der Waals surface area (Å²) < 4.78 is 5.24. The highest BCUT2D eigenvalue weighted by Gasteiger charge is 2.37. The third-order valence-corrected chi connectivity index (χ3v) is 4.55. The van der Waals surface area contributed by atoms with Crippen LogP contribution in [0.2, 0.25) is 0 Å². The Morgan fingerprint density at radius 1 is 1.19 bits per heavy atom. The summed E-state index contributed by atoms with van der Waals surface area (Å²) in [5.41, 5.74) is 1.36. The molecule has 0 spiro atoms. The first-order chi connectivity index (χ1) is 15.0. The maximum absolute atomic E-state index is 13.0. The van der Waals surface area contributed by atoms with Crippen molar-refractivity contribution in [3.8, 4) is 0 Å². The van der Waals surface area contributed by atoms with E-state index in [2.05, 4.69) is 10.6 Å². The van der Waals surface area contributed by atoms with Gasteiger partial charge in [0, 0.05) is 12.8 Å². The third kappa shape index (κ3) is 7.34. The van der Waals surface area contributed by atoms with Gasteiger partial charge < -0.3 is 15.4 Å². The normalized spacial score (nSPS) is 17.4. The molecule has 0 unspecified atom stereocenters. The van der Waals surface area contributed by atoms with Crippen molar-refractivity contribution in [1.82, 2.24) is 21.0 Å². The van der Waals surface area contributed by atoms with Crippen molar-refractivity contribution in [1.29, 1.82) is 0 Å². The minimum atomic E-state index is -1.06. The Balaban J connectivity index is 2.13. The van der Waals surface area contributed by atoms with Crippen LogP contribution in [-0.4, -0.2) is 64.1 Å². The van der Waals surface area contributed by atoms with Crippen LogP contribution in [0, 0.1) is 0 Å². The second-order valence-electron chi connectivity index (χ2n) is 8.34. The Kier molecular flexibility index (Phi) is 8.30. The number of nitrogens with zero attached hydrogens (tertiary/aromatic N) is 1. The van der Waals surface area contributed by atoms with Crippen LogP contribution >= 0.6 is 0 Å². The molecule has 5 amide bonds. The van der Waals surface area contributed by atoms with E-state index in [1.807, 2.05) is 6.07 Å². The molecule has 11 nitrogen and oxygen atoms in total. The molecule has 1 aliphatic rings. The smallest absolute Gasteiger partial charge is 0.408 e. The van der Waals surface area contributed by atoms with Gasteiger partial charge in [-0.3, -0.25) is 29.3 Å². The number of imide groups is 1. The number of likely N-dealkylation sites (tertiary alicyclic amines) is 1. The van der Waals surface area contributed by atoms with Crippen LogP contribution < -0.4 is 16.1 Å². The molecule has 1 aliphatic heterocycles. The van der Waals surface area contributed by atoms with Gasteiger partial charge in [-0.2, -0.15) is 0 Å². The topological polar surface area (TPSA) is 154 Å². The highest BCUT2D eigenvalue weighted by molar-refractivity contribution is 6.04. The van der Waals surface area contributed by atoms with Gasteiger partial charge in [-0.15, -0.1) is 0 Å². The van der Waals surface area contributed by atoms with Crippen LogP contribution in [0.15, 0.2) is 30.3 Å². The molecular weight excluding hydrogens is 420 g/mol. The number of amides is 5. The number of hydrogen-bond acceptors (Lipinski definition) is 7. The molecule has 0 bridgehead atoms. The number of benzene rings is 1. The number of carbonyl (C=O) groups excluding carboxylic acids is 5. The summed E-state index contributed by atoms with van der Waals surface area (Å²) >= 11 is 0. The van der Waals surface area contributed by atoms with E-state index in [4.69, 9.17) is 9.94 Å². The lowest BCUT2D eigenvalue weighted by Crippen LogP contribution is -2.59. The molecule has 2 atom stereocenters. The van der Waals surface area contributed by atoms with Crippen molar-refractivity contribution in [2.75, 3.05) is 6.54 Å². The zero-order chi connectivity index (χ0) is 23.9. The quantitative estimate of drug-likeness (QED) is 0.265. The van der Waals surface area contributed by atoms with Gasteiger partial charge in [-0.25, -0.2) is 10.3 Å². The van der Waals surface area contributed by atoms with Gasteiger partial charge in [0.2, 0.25) is 11.8 Å². The van der Waals surface area contributed by atoms with Crippen LogP contribution in [-0.2, 0) is 30.3 Å². The van der Waals surface area contributed by atoms with Crippen molar-refractivity contribution < 1.29 is 33.9 Å². The van der Waals surface area contributed by atoms with Crippen LogP contribution in [0.3, 0.4) is 0 Å². The highest BCUT2D eigenvalue weighted by Crippen LogP contribution is 2.14. The van der Waals surface area contributed by atoms with Crippen molar-refractivity contribution in [3.63, 3.8) is 0 Å². The molecule has 174 valence electrons. The van der Waals surface area contributed by atoms with E-state index in [1.54, 1.807) is 45.0 Å². The van der Waals surface area contributed by atoms with Gasteiger partial charge in [0.25, 0.3) is 11.8 Å². The monoisotopic (exact) mass is 448 g/mol. The number of rotatable bonds is 7. The Hall–Kier alpha value is -3.47. The molecule has 32 heavy (non-hydrogen) atoms. The number of alkyl carbamates (subject to hydrolysis) is 1. The second kappa shape index (κ2) is 10.7. The fourth-order valence-electron chi connectivity index (χ4n) is 3.10. The van der Waals surface area contributed by atoms with E-state index in [1.165, 1.54) is 5.48 Å². The lowest BCUT2D eigenvalue weighted by molar-refractivity contribution is -0.154. The second-order valence-corrected chi connectivity index (χ2v) is 8.34. The summed E-state index contributed by atoms with van der Waals surface area (Å²) in [6.45, 7) is 4.40. The van der Waals surface area contributed by atoms with E-state index in [0.29, 0.717) is 4.90 Å². The average Bonchev–Trinajstić information content (AvgIpc) is 2.71. The van der Waals surface area contributed by atoms with Crippen molar-refractivity contribution >= 4 is 29.7 Å². The van der Waals surface area contributed by atoms with E-state index < -0.39 is 54.0 Å². The summed E-state index contributed by atoms with van der Waals surface area (Å²) in [7, 11) is 0. The molecule has 1 heterocycles. The van der Waals surface area contributed by atoms with Gasteiger partial charge >= 0.3 is 6.09 Å². The molecule has 0 aromatic heterocycles. The van der Waals surface area contributed by atoms with Gasteiger partial charge in [0.1, 0.15) is 24.2 Å². The zero-order valence-electron chi connectivity index (χ0n) is 18.2. The van der Waals surface area contributed by atoms with E-state index in [-0.39, 0.29) is 19.3 Å². The Labute approximate surface area is 185 Å². The highest BCUT2D eigenvalue weighted by atomic mass is 16.6. The van der Waals surface area contributed by atoms with E-state index in [9.17, 15) is 24.0 Å². The third-order valence-electron chi connectivity index (χ3n) is 4.55. The largest absolute Gasteiger partial charge is 0.444 e. The van der Waals surface area contributed by atoms with Gasteiger partial charge in [0.05, 0.1) is 0 Å². The molecule has 2 rings (SSSR count). The number of carbonyl (C=O) groups is 5. The standard InChI is InChI=1S/C21H28N4O7/c1-21(2,3)32-20(30)23-15(11-13-7-5-4-6-8-13)18(28)22-14-9-10-17(27)25(19(14)29)12-16(26)24-31/h4-8,14-15,31H,9-12H2,1-3H3,(H,22,28)(H,23,30)(H,24,26)/t14-,15-/m0/s1. The fraction of sp³-hybridized carbons (Fsp3) is 0.476. The Morgan fingerprint density at radius 3 is 2.44 bits per heavy atom. The summed E-state index contributed by atoms with van der Waals surface area (Å²) in [5.74, 6) is -2.93. The Morgan fingerprint density at radius 2 is 1.84 bits per heavy atom. The van der Waals surface area contributed by atoms with Crippen molar-refractivity contribution in [2.45, 2.75) is 57.7 Å². The summed E-state index contributed by atoms with van der Waals surface area (Å²) in [6.07, 6.45) is -0.675. The first kappa shape index (κ1) is 24.8. The van der Waals surface area contributed by atoms with Crippen LogP contribution in [0.1, 0.15) is 39.2 Å². The SMILES string of the molecule is CC(C)(C)OC(=O)N[C@@H](Cc1ccccc1)C(=O)N[C@H]1CCC(=O)N(CC(=O)NO)C1=O. The maximum atomic E-state index is 13.0. The van der Waals surface area contributed by atoms with Gasteiger partial charge in [-0.05, 0) is 32.8 Å². The fourth-order valence-corrected chi connectivity index (χ4v) is 3.10. The van der Waals surface area contributed by atoms with Crippen LogP contribution in [0.4, 0.5) is 4.79 Å². The number of nitrogens with one attached hydrogen (secondary N) is 3. The van der Waals surface area contributed by atoms with Crippen LogP contribution in [0.25, 0.3) is 0 Å². The van der Waals surface area contributed by atoms with Crippen molar-refractivity contribution in [3.05, 3.63) is 35.9 Å². The zero-order valence-corrected chi connectivity index (χ0v) is 18.2. The van der Waals surface area contributed by atoms with Gasteiger partial charge in [0.15, 0.2) is 0 Å². The molecule has 1 aromatic carbocycles. The molecule has 0 radical (unpaired) electrons. The molecular formula is C21H28N4O7. The first-order valence-corrected chi connectivity index (χ1v) is 10.1. The predicted octanol–water partition coefficient (Wildman–Crippen LogP) is 0.262. The summed E-state index contributed by atoms with van der Waals surface area (Å²) in [5, 5.41) is 13.7. The lowest BCUT2D eigenvalue weighted by atomic mass is 10.0. The first-order valence-electron chi connectivity index (χ1n) is 10.1. The molecule has 1 saturated heterocycles. The van der Waals surface area contributed by atoms with Crippen molar-refractivity contribution in [2.24, 2.45) is 0 Å². The molecule has 4 N–H and O–H groups in total. The molecule has 1 aromatic rings. The molecule has 0 aliphatic carbocycles. The molecule has 11 heteroatoms. The molecule has 1 fully saturated rings. The Bertz CT molecular complexity index is 867. The minimum absolute atomic E-state index is 0.0468. The van der Waals surface area contributed by atoms with E-state index >= 15 is 0 Å². The van der Waals surface area contributed by atoms with Crippen LogP contribution in [0.5, 0.6) is 0 Å². The predicted molar refractivity (Wildman–Crippen MR) is 111 cm³/mol. The van der Waals surface area contributed by atoms with Gasteiger partial charge in [-0.1, -0.05) is 30.3 Å². The maximum Gasteiger partial charge on any atom is 0.408 e. The summed E-state index contributed by atoms with van der Waals surface area (Å²) in [6, 6.07) is 6.86. The number of hydrogen-bond donors (Lipinski definition) is 4. The molecule has 0 saturated carbocycles. The number of piperidine rings is 1. The number of hydroxylamine groups is 1. The number of ether oxygens (including phenoxy) is 1.